The van der Waals surface area contributed by atoms with Crippen molar-refractivity contribution in [2.45, 2.75) is 49.8 Å². The first-order valence-corrected chi connectivity index (χ1v) is 8.91. The monoisotopic (exact) mass is 335 g/mol. The standard InChI is InChI=1S/C16H23N4O4/c21-16-12-3-1-2-6-15(12,19-7-9-23-10-8-19)20(22)13(16)5-4-11-14(16)18-24-17-11/h12,21-22H,1-10H2/q+1. The summed E-state index contributed by atoms with van der Waals surface area (Å²) in [7, 11) is 0. The van der Waals surface area contributed by atoms with Crippen LogP contribution in [0.25, 0.3) is 0 Å². The topological polar surface area (TPSA) is 94.9 Å². The van der Waals surface area contributed by atoms with Gasteiger partial charge in [0.05, 0.1) is 19.1 Å². The summed E-state index contributed by atoms with van der Waals surface area (Å²) in [5, 5.41) is 31.0. The van der Waals surface area contributed by atoms with Crippen LogP contribution >= 0.6 is 0 Å². The molecule has 0 spiro atoms. The number of hydroxylamine groups is 1. The number of rotatable bonds is 1. The molecule has 2 N–H and O–H groups in total. The summed E-state index contributed by atoms with van der Waals surface area (Å²) in [6, 6.07) is 0. The van der Waals surface area contributed by atoms with Gasteiger partial charge < -0.3 is 9.84 Å². The first-order valence-electron chi connectivity index (χ1n) is 8.91. The van der Waals surface area contributed by atoms with Gasteiger partial charge in [0, 0.05) is 32.4 Å². The van der Waals surface area contributed by atoms with E-state index in [1.807, 2.05) is 0 Å². The highest BCUT2D eigenvalue weighted by Gasteiger charge is 2.75. The minimum Gasteiger partial charge on any atom is -0.379 e. The number of fused-ring (bicyclic) bond motifs is 5. The number of aliphatic hydroxyl groups is 1. The third kappa shape index (κ3) is 1.61. The van der Waals surface area contributed by atoms with Crippen molar-refractivity contribution in [3.63, 3.8) is 0 Å². The highest BCUT2D eigenvalue weighted by Crippen LogP contribution is 2.55. The van der Waals surface area contributed by atoms with Gasteiger partial charge >= 0.3 is 0 Å². The molecule has 1 saturated heterocycles. The largest absolute Gasteiger partial charge is 0.379 e. The van der Waals surface area contributed by atoms with E-state index in [0.717, 1.165) is 44.5 Å². The molecule has 8 heteroatoms. The molecule has 0 amide bonds. The number of hydrogen-bond acceptors (Lipinski definition) is 7. The molecule has 5 rings (SSSR count). The summed E-state index contributed by atoms with van der Waals surface area (Å²) in [5.74, 6) is -0.136. The van der Waals surface area contributed by atoms with Gasteiger partial charge in [-0.25, -0.2) is 9.53 Å². The van der Waals surface area contributed by atoms with Gasteiger partial charge in [-0.3, -0.25) is 5.21 Å². The van der Waals surface area contributed by atoms with Crippen LogP contribution in [0.5, 0.6) is 0 Å². The molecule has 3 unspecified atom stereocenters. The molecule has 2 aliphatic carbocycles. The van der Waals surface area contributed by atoms with Crippen LogP contribution < -0.4 is 0 Å². The van der Waals surface area contributed by atoms with Crippen LogP contribution in [0.2, 0.25) is 0 Å². The van der Waals surface area contributed by atoms with E-state index in [1.165, 1.54) is 4.74 Å². The van der Waals surface area contributed by atoms with Crippen molar-refractivity contribution in [2.75, 3.05) is 26.3 Å². The summed E-state index contributed by atoms with van der Waals surface area (Å²) < 4.78 is 11.8. The van der Waals surface area contributed by atoms with E-state index in [0.29, 0.717) is 37.5 Å². The molecule has 0 radical (unpaired) electrons. The number of aromatic nitrogens is 2. The molecule has 2 fully saturated rings. The molecule has 2 aliphatic heterocycles. The maximum absolute atomic E-state index is 11.8. The quantitative estimate of drug-likeness (QED) is 0.562. The second kappa shape index (κ2) is 5.00. The van der Waals surface area contributed by atoms with Crippen LogP contribution in [-0.2, 0) is 16.8 Å². The molecule has 0 bridgehead atoms. The fraction of sp³-hybridized carbons (Fsp3) is 0.812. The summed E-state index contributed by atoms with van der Waals surface area (Å²) in [5.41, 5.74) is 0.0280. The molecular formula is C16H23N4O4+. The van der Waals surface area contributed by atoms with E-state index in [-0.39, 0.29) is 5.92 Å². The zero-order valence-electron chi connectivity index (χ0n) is 13.6. The maximum Gasteiger partial charge on any atom is 0.273 e. The van der Waals surface area contributed by atoms with Gasteiger partial charge in [-0.1, -0.05) is 16.7 Å². The van der Waals surface area contributed by atoms with Crippen molar-refractivity contribution in [3.05, 3.63) is 11.4 Å². The van der Waals surface area contributed by atoms with E-state index in [1.54, 1.807) is 0 Å². The van der Waals surface area contributed by atoms with Gasteiger partial charge in [0.25, 0.3) is 5.66 Å². The number of nitrogens with zero attached hydrogens (tertiary/aromatic N) is 4. The van der Waals surface area contributed by atoms with Crippen LogP contribution in [0.3, 0.4) is 0 Å². The van der Waals surface area contributed by atoms with Crippen molar-refractivity contribution < 1.29 is 24.4 Å². The molecule has 3 atom stereocenters. The Labute approximate surface area is 139 Å². The van der Waals surface area contributed by atoms with Crippen LogP contribution in [0.4, 0.5) is 0 Å². The summed E-state index contributed by atoms with van der Waals surface area (Å²) in [6.07, 6.45) is 4.98. The van der Waals surface area contributed by atoms with Gasteiger partial charge in [0.15, 0.2) is 5.69 Å². The van der Waals surface area contributed by atoms with Crippen LogP contribution in [-0.4, -0.2) is 67.9 Å². The summed E-state index contributed by atoms with van der Waals surface area (Å²) >= 11 is 0. The Hall–Kier alpha value is -1.51. The molecule has 0 aromatic carbocycles. The summed E-state index contributed by atoms with van der Waals surface area (Å²) in [4.78, 5) is 2.30. The van der Waals surface area contributed by atoms with Gasteiger partial charge in [-0.15, -0.1) is 0 Å². The second-order valence-corrected chi connectivity index (χ2v) is 7.36. The highest BCUT2D eigenvalue weighted by molar-refractivity contribution is 5.92. The highest BCUT2D eigenvalue weighted by atomic mass is 16.6. The Balaban J connectivity index is 1.69. The van der Waals surface area contributed by atoms with E-state index in [2.05, 4.69) is 15.2 Å². The maximum atomic E-state index is 11.8. The Morgan fingerprint density at radius 3 is 2.83 bits per heavy atom. The molecule has 8 nitrogen and oxygen atoms in total. The Morgan fingerprint density at radius 1 is 1.17 bits per heavy atom. The van der Waals surface area contributed by atoms with Gasteiger partial charge in [-0.2, -0.15) is 0 Å². The number of aryl methyl sites for hydroxylation is 1. The lowest BCUT2D eigenvalue weighted by atomic mass is 9.66. The lowest BCUT2D eigenvalue weighted by Gasteiger charge is -2.45. The predicted octanol–water partition coefficient (Wildman–Crippen LogP) is 0.278. The zero-order chi connectivity index (χ0) is 16.4. The first-order chi connectivity index (χ1) is 11.7. The molecule has 4 aliphatic rings. The Morgan fingerprint density at radius 2 is 2.00 bits per heavy atom. The van der Waals surface area contributed by atoms with Crippen molar-refractivity contribution in [1.29, 1.82) is 0 Å². The second-order valence-electron chi connectivity index (χ2n) is 7.36. The molecule has 1 aromatic rings. The summed E-state index contributed by atoms with van der Waals surface area (Å²) in [6.45, 7) is 2.85. The van der Waals surface area contributed by atoms with Gasteiger partial charge in [0.1, 0.15) is 5.69 Å². The fourth-order valence-electron chi connectivity index (χ4n) is 5.49. The Kier molecular flexibility index (Phi) is 3.08. The average Bonchev–Trinajstić information content (AvgIpc) is 3.18. The van der Waals surface area contributed by atoms with Crippen molar-refractivity contribution >= 4 is 5.71 Å². The molecule has 24 heavy (non-hydrogen) atoms. The van der Waals surface area contributed by atoms with Crippen LogP contribution in [0.15, 0.2) is 4.63 Å². The Bertz CT molecular complexity index is 698. The molecule has 3 heterocycles. The van der Waals surface area contributed by atoms with Crippen molar-refractivity contribution in [3.8, 4) is 0 Å². The van der Waals surface area contributed by atoms with E-state index < -0.39 is 11.3 Å². The number of morpholine rings is 1. The van der Waals surface area contributed by atoms with Crippen molar-refractivity contribution in [2.24, 2.45) is 5.92 Å². The predicted molar refractivity (Wildman–Crippen MR) is 80.7 cm³/mol. The van der Waals surface area contributed by atoms with Crippen LogP contribution in [0, 0.1) is 5.92 Å². The first kappa shape index (κ1) is 14.8. The SMILES string of the molecule is O[N+]1=C2CCc3nonc3C2(O)C2CCCCC21N1CCOCC1. The van der Waals surface area contributed by atoms with Gasteiger partial charge in [0.2, 0.25) is 11.3 Å². The van der Waals surface area contributed by atoms with E-state index in [9.17, 15) is 10.3 Å². The minimum absolute atomic E-state index is 0.136. The van der Waals surface area contributed by atoms with E-state index >= 15 is 0 Å². The smallest absolute Gasteiger partial charge is 0.273 e. The molecule has 1 saturated carbocycles. The molecule has 1 aromatic heterocycles. The third-order valence-corrected chi connectivity index (χ3v) is 6.49. The lowest BCUT2D eigenvalue weighted by Crippen LogP contribution is -2.64. The fourth-order valence-corrected chi connectivity index (χ4v) is 5.49. The lowest BCUT2D eigenvalue weighted by molar-refractivity contribution is -0.844. The zero-order valence-corrected chi connectivity index (χ0v) is 13.6. The number of ether oxygens (including phenoxy) is 1. The molecule has 130 valence electrons. The normalized spacial score (nSPS) is 39.5. The van der Waals surface area contributed by atoms with Crippen LogP contribution in [0.1, 0.15) is 43.5 Å². The average molecular weight is 335 g/mol. The molecular weight excluding hydrogens is 312 g/mol. The minimum atomic E-state index is -1.28. The number of hydrogen-bond donors (Lipinski definition) is 2. The third-order valence-electron chi connectivity index (χ3n) is 6.49. The van der Waals surface area contributed by atoms with Crippen molar-refractivity contribution in [1.82, 2.24) is 15.2 Å². The van der Waals surface area contributed by atoms with Gasteiger partial charge in [-0.05, 0) is 17.6 Å². The van der Waals surface area contributed by atoms with E-state index in [4.69, 9.17) is 9.37 Å².